The number of hydrogen-bond donors (Lipinski definition) is 0. The van der Waals surface area contributed by atoms with Gasteiger partial charge in [0, 0.05) is 50.8 Å². The number of rotatable bonds is 6. The summed E-state index contributed by atoms with van der Waals surface area (Å²) >= 11 is 0. The van der Waals surface area contributed by atoms with E-state index in [0.717, 1.165) is 18.3 Å². The van der Waals surface area contributed by atoms with E-state index in [1.807, 2.05) is 0 Å². The third-order valence-corrected chi connectivity index (χ3v) is 26.0. The van der Waals surface area contributed by atoms with Crippen LogP contribution in [-0.4, -0.2) is 25.9 Å². The second kappa shape index (κ2) is 14.6. The predicted molar refractivity (Wildman–Crippen MR) is 310 cm³/mol. The van der Waals surface area contributed by atoms with Gasteiger partial charge in [0.25, 0.3) is 6.71 Å². The molecule has 4 aliphatic heterocycles. The fraction of sp³-hybridized carbons (Fsp3) is 0.294. The number of benzene rings is 8. The van der Waals surface area contributed by atoms with Crippen LogP contribution in [0.4, 0.5) is 39.8 Å². The van der Waals surface area contributed by atoms with Gasteiger partial charge in [0.1, 0.15) is 0 Å². The maximum atomic E-state index is 3.08. The molecule has 5 saturated carbocycles. The summed E-state index contributed by atoms with van der Waals surface area (Å²) in [6.45, 7) is 12.4. The molecule has 5 fully saturated rings. The molecule has 0 aromatic heterocycles. The monoisotopic (exact) mass is 961 g/mol. The Morgan fingerprint density at radius 2 is 1.11 bits per heavy atom. The first-order valence-corrected chi connectivity index (χ1v) is 29.8. The van der Waals surface area contributed by atoms with Gasteiger partial charge in [0.15, 0.2) is 8.07 Å². The Balaban J connectivity index is 1.03. The summed E-state index contributed by atoms with van der Waals surface area (Å²) in [6, 6.07) is 72.4. The average Bonchev–Trinajstić information content (AvgIpc) is 4.33. The highest BCUT2D eigenvalue weighted by Gasteiger charge is 2.68. The van der Waals surface area contributed by atoms with E-state index in [0.29, 0.717) is 5.92 Å². The first-order valence-electron chi connectivity index (χ1n) is 27.8. The molecule has 0 N–H and O–H groups in total. The van der Waals surface area contributed by atoms with Crippen molar-refractivity contribution in [3.63, 3.8) is 0 Å². The third kappa shape index (κ3) is 5.32. The summed E-state index contributed by atoms with van der Waals surface area (Å²) < 4.78 is 0. The van der Waals surface area contributed by atoms with Gasteiger partial charge >= 0.3 is 0 Å². The van der Waals surface area contributed by atoms with Crippen LogP contribution in [0.2, 0.25) is 0 Å². The molecule has 3 nitrogen and oxygen atoms in total. The number of anilines is 7. The Bertz CT molecular complexity index is 3550. The summed E-state index contributed by atoms with van der Waals surface area (Å²) in [5.74, 6) is 2.37. The van der Waals surface area contributed by atoms with E-state index >= 15 is 0 Å². The Morgan fingerprint density at radius 1 is 0.507 bits per heavy atom. The maximum Gasteiger partial charge on any atom is 0.251 e. The first-order chi connectivity index (χ1) is 35.5. The van der Waals surface area contributed by atoms with E-state index in [1.165, 1.54) is 133 Å². The molecule has 4 heterocycles. The van der Waals surface area contributed by atoms with Crippen LogP contribution in [0.15, 0.2) is 182 Å². The van der Waals surface area contributed by atoms with Gasteiger partial charge in [-0.1, -0.05) is 174 Å². The standard InChI is InChI=1S/C68H64BN3Si/c1-65(2,3)48-30-32-50(33-31-48)70-56-25-17-27-60-63(56)69-62-58(70)40-51(71-55-34-29-45(44-19-9-6-10-20-44)39-54(55)66(4)35-15-16-36-67(66,71)5)41-59(62)72(68-42-46-37-49(68)38-47(46)43-68)57-26-18-28-61(64(57)69)73(60,52-21-11-7-12-22-52)53-23-13-8-14-24-53/h6-14,17-34,39-41,46-47,49H,15-16,35-38,42-43H2,1-5H3. The summed E-state index contributed by atoms with van der Waals surface area (Å²) in [4.78, 5) is 8.71. The lowest BCUT2D eigenvalue weighted by Crippen LogP contribution is -2.88. The molecular weight excluding hydrogens is 898 g/mol. The minimum atomic E-state index is -2.92. The highest BCUT2D eigenvalue weighted by Crippen LogP contribution is 2.70. The van der Waals surface area contributed by atoms with Crippen molar-refractivity contribution in [1.82, 2.24) is 0 Å². The number of nitrogens with zero attached hydrogens (tertiary/aromatic N) is 3. The van der Waals surface area contributed by atoms with Crippen LogP contribution in [0, 0.1) is 17.8 Å². The molecular formula is C68H64BN3Si. The number of hydrogen-bond acceptors (Lipinski definition) is 3. The lowest BCUT2D eigenvalue weighted by Gasteiger charge is -2.55. The van der Waals surface area contributed by atoms with Crippen LogP contribution in [0.25, 0.3) is 11.1 Å². The predicted octanol–water partition coefficient (Wildman–Crippen LogP) is 12.0. The summed E-state index contributed by atoms with van der Waals surface area (Å²) in [6.07, 6.45) is 10.2. The highest BCUT2D eigenvalue weighted by molar-refractivity contribution is 7.27. The Kier molecular flexibility index (Phi) is 8.58. The zero-order chi connectivity index (χ0) is 48.8. The molecule has 0 spiro atoms. The topological polar surface area (TPSA) is 9.72 Å². The van der Waals surface area contributed by atoms with Crippen molar-refractivity contribution in [2.75, 3.05) is 14.7 Å². The molecule has 5 aliphatic carbocycles. The Labute approximate surface area is 434 Å². The lowest BCUT2D eigenvalue weighted by molar-refractivity contribution is 0.195. The van der Waals surface area contributed by atoms with Gasteiger partial charge in [-0.3, -0.25) is 0 Å². The fourth-order valence-corrected chi connectivity index (χ4v) is 23.1. The fourth-order valence-electron chi connectivity index (χ4n) is 17.8. The lowest BCUT2D eigenvalue weighted by atomic mass is 9.33. The zero-order valence-electron chi connectivity index (χ0n) is 43.1. The summed E-state index contributed by atoms with van der Waals surface area (Å²) in [5, 5.41) is 6.05. The molecule has 8 aromatic carbocycles. The van der Waals surface area contributed by atoms with Crippen molar-refractivity contribution in [3.8, 4) is 11.1 Å². The molecule has 0 amide bonds. The Morgan fingerprint density at radius 3 is 1.74 bits per heavy atom. The molecule has 0 radical (unpaired) electrons. The third-order valence-electron chi connectivity index (χ3n) is 21.1. The SMILES string of the molecule is CC(C)(C)c1ccc(N2c3cc(N4c5ccc(-c6ccccc6)cc5C5(C)CCCCC45C)cc4c3B3c5c2cccc5[Si](c2ccccc2)(c2ccccc2)c2cccc(c23)N4C23CC4CC2CC4C3)cc1. The van der Waals surface area contributed by atoms with Crippen LogP contribution in [0.1, 0.15) is 97.1 Å². The number of fused-ring (bicyclic) bond motifs is 3. The molecule has 4 unspecified atom stereocenters. The van der Waals surface area contributed by atoms with E-state index in [1.54, 1.807) is 10.6 Å². The molecule has 4 atom stereocenters. The highest BCUT2D eigenvalue weighted by atomic mass is 28.3. The second-order valence-corrected chi connectivity index (χ2v) is 28.9. The summed E-state index contributed by atoms with van der Waals surface area (Å²) in [7, 11) is -2.92. The van der Waals surface area contributed by atoms with E-state index < -0.39 is 8.07 Å². The normalized spacial score (nSPS) is 26.8. The van der Waals surface area contributed by atoms with Crippen LogP contribution in [-0.2, 0) is 10.8 Å². The van der Waals surface area contributed by atoms with Crippen molar-refractivity contribution >= 4 is 91.7 Å². The van der Waals surface area contributed by atoms with Gasteiger partial charge in [0.2, 0.25) is 0 Å². The smallest absolute Gasteiger partial charge is 0.251 e. The van der Waals surface area contributed by atoms with Gasteiger partial charge in [-0.25, -0.2) is 0 Å². The Hall–Kier alpha value is -6.56. The second-order valence-electron chi connectivity index (χ2n) is 25.2. The van der Waals surface area contributed by atoms with E-state index in [2.05, 4.69) is 231 Å². The molecule has 4 bridgehead atoms. The van der Waals surface area contributed by atoms with E-state index in [4.69, 9.17) is 0 Å². The average molecular weight is 962 g/mol. The van der Waals surface area contributed by atoms with Gasteiger partial charge in [-0.15, -0.1) is 0 Å². The van der Waals surface area contributed by atoms with Gasteiger partial charge in [0.05, 0.1) is 5.54 Å². The summed E-state index contributed by atoms with van der Waals surface area (Å²) in [5.41, 5.74) is 19.8. The van der Waals surface area contributed by atoms with Crippen LogP contribution < -0.4 is 51.8 Å². The van der Waals surface area contributed by atoms with Crippen molar-refractivity contribution in [3.05, 3.63) is 193 Å². The minimum absolute atomic E-state index is 0.0140. The molecule has 358 valence electrons. The van der Waals surface area contributed by atoms with Crippen LogP contribution in [0.5, 0.6) is 0 Å². The maximum absolute atomic E-state index is 3.08. The minimum Gasteiger partial charge on any atom is -0.336 e. The van der Waals surface area contributed by atoms with Crippen LogP contribution >= 0.6 is 0 Å². The largest absolute Gasteiger partial charge is 0.336 e. The zero-order valence-corrected chi connectivity index (χ0v) is 44.1. The van der Waals surface area contributed by atoms with Crippen LogP contribution in [0.3, 0.4) is 0 Å². The van der Waals surface area contributed by atoms with E-state index in [9.17, 15) is 0 Å². The van der Waals surface area contributed by atoms with Gasteiger partial charge < -0.3 is 14.7 Å². The van der Waals surface area contributed by atoms with Crippen molar-refractivity contribution in [1.29, 1.82) is 0 Å². The van der Waals surface area contributed by atoms with E-state index in [-0.39, 0.29) is 28.6 Å². The molecule has 17 rings (SSSR count). The van der Waals surface area contributed by atoms with Gasteiger partial charge in [-0.05, 0) is 177 Å². The molecule has 8 aromatic rings. The van der Waals surface area contributed by atoms with Gasteiger partial charge in [-0.2, -0.15) is 0 Å². The first kappa shape index (κ1) is 42.9. The molecule has 73 heavy (non-hydrogen) atoms. The molecule has 5 heteroatoms. The molecule has 9 aliphatic rings. The quantitative estimate of drug-likeness (QED) is 0.154. The molecule has 0 saturated heterocycles. The van der Waals surface area contributed by atoms with Crippen molar-refractivity contribution in [2.45, 2.75) is 108 Å². The van der Waals surface area contributed by atoms with Crippen molar-refractivity contribution in [2.24, 2.45) is 17.8 Å². The van der Waals surface area contributed by atoms with Crippen molar-refractivity contribution < 1.29 is 0 Å².